The van der Waals surface area contributed by atoms with Crippen LogP contribution in [0.15, 0.2) is 25.3 Å². The number of ether oxygens (including phenoxy) is 3. The van der Waals surface area contributed by atoms with Crippen LogP contribution in [0.5, 0.6) is 0 Å². The lowest BCUT2D eigenvalue weighted by Gasteiger charge is -2.38. The third kappa shape index (κ3) is 5.40. The maximum absolute atomic E-state index is 14.4. The minimum Gasteiger partial charge on any atom is -0.465 e. The van der Waals surface area contributed by atoms with Gasteiger partial charge in [-0.2, -0.15) is 0 Å². The molecule has 2 amide bonds. The number of carbonyl (C=O) groups excluding carboxylic acids is 3. The smallest absolute Gasteiger partial charge is 0.312 e. The number of aliphatic hydroxyl groups excluding tert-OH is 1. The molecule has 3 unspecified atom stereocenters. The average Bonchev–Trinajstić information content (AvgIpc) is 3.43. The van der Waals surface area contributed by atoms with Crippen molar-refractivity contribution in [2.24, 2.45) is 17.8 Å². The summed E-state index contributed by atoms with van der Waals surface area (Å²) in [6.07, 6.45) is 5.47. The number of esters is 1. The molecule has 39 heavy (non-hydrogen) atoms. The lowest BCUT2D eigenvalue weighted by Crippen LogP contribution is -2.57. The minimum atomic E-state index is -1.11. The van der Waals surface area contributed by atoms with Crippen LogP contribution in [0.25, 0.3) is 0 Å². The molecule has 218 valence electrons. The average molecular weight is 548 g/mol. The summed E-state index contributed by atoms with van der Waals surface area (Å²) in [7, 11) is 0. The van der Waals surface area contributed by atoms with E-state index in [0.29, 0.717) is 65.1 Å². The Morgan fingerprint density at radius 1 is 1.21 bits per heavy atom. The summed E-state index contributed by atoms with van der Waals surface area (Å²) in [5.41, 5.74) is -2.01. The van der Waals surface area contributed by atoms with Gasteiger partial charge in [0.15, 0.2) is 0 Å². The van der Waals surface area contributed by atoms with Gasteiger partial charge in [0.2, 0.25) is 11.8 Å². The standard InChI is InChI=1S/C29H45N3O7/c1-5-7-17-38-27(36)23-22-25(34)32(11-8-9-16-33)24(29(22)20-21(3)28(23,4)39-29)26(35)31(10-6-2)13-12-30-14-18-37-19-15-30/h5-6,21-24,33H,1-2,7-20H2,3-4H3/t21?,22-,23-,24?,28+,29?/m0/s1. The molecular weight excluding hydrogens is 502 g/mol. The fraction of sp³-hybridized carbons (Fsp3) is 0.759. The van der Waals surface area contributed by atoms with Crippen molar-refractivity contribution >= 4 is 17.8 Å². The molecule has 0 saturated carbocycles. The van der Waals surface area contributed by atoms with Crippen LogP contribution in [0.2, 0.25) is 0 Å². The summed E-state index contributed by atoms with van der Waals surface area (Å²) in [4.78, 5) is 47.6. The number of amides is 2. The van der Waals surface area contributed by atoms with Crippen LogP contribution in [0.3, 0.4) is 0 Å². The zero-order valence-electron chi connectivity index (χ0n) is 23.5. The van der Waals surface area contributed by atoms with E-state index in [9.17, 15) is 19.5 Å². The van der Waals surface area contributed by atoms with E-state index in [2.05, 4.69) is 18.1 Å². The zero-order valence-corrected chi connectivity index (χ0v) is 23.5. The molecular formula is C29H45N3O7. The first-order chi connectivity index (χ1) is 18.7. The SMILES string of the molecule is C=CCCOC(=O)[C@@H]1[C@H]2C(=O)N(CCCCO)C(C(=O)N(CC=C)CCN3CCOCC3)C23CC(C)[C@@]1(C)O3. The number of morpholine rings is 1. The molecule has 4 heterocycles. The molecule has 4 rings (SSSR count). The Kier molecular flexibility index (Phi) is 9.52. The number of likely N-dealkylation sites (tertiary alicyclic amines) is 1. The van der Waals surface area contributed by atoms with Gasteiger partial charge < -0.3 is 29.1 Å². The van der Waals surface area contributed by atoms with E-state index < -0.39 is 35.0 Å². The van der Waals surface area contributed by atoms with Gasteiger partial charge in [-0.15, -0.1) is 13.2 Å². The summed E-state index contributed by atoms with van der Waals surface area (Å²) >= 11 is 0. The summed E-state index contributed by atoms with van der Waals surface area (Å²) < 4.78 is 17.8. The molecule has 0 radical (unpaired) electrons. The van der Waals surface area contributed by atoms with Gasteiger partial charge in [-0.25, -0.2) is 0 Å². The summed E-state index contributed by atoms with van der Waals surface area (Å²) in [5, 5.41) is 9.39. The quantitative estimate of drug-likeness (QED) is 0.197. The first kappa shape index (κ1) is 29.7. The lowest BCUT2D eigenvalue weighted by atomic mass is 9.62. The van der Waals surface area contributed by atoms with Gasteiger partial charge in [0.1, 0.15) is 17.6 Å². The van der Waals surface area contributed by atoms with Crippen molar-refractivity contribution in [2.75, 3.05) is 65.7 Å². The van der Waals surface area contributed by atoms with Crippen LogP contribution < -0.4 is 0 Å². The zero-order chi connectivity index (χ0) is 28.2. The van der Waals surface area contributed by atoms with Gasteiger partial charge in [0.05, 0.1) is 31.3 Å². The third-order valence-corrected chi connectivity index (χ3v) is 9.13. The Labute approximate surface area is 231 Å². The first-order valence-electron chi connectivity index (χ1n) is 14.3. The Morgan fingerprint density at radius 3 is 2.62 bits per heavy atom. The van der Waals surface area contributed by atoms with Gasteiger partial charge in [-0.1, -0.05) is 19.1 Å². The second-order valence-electron chi connectivity index (χ2n) is 11.4. The Balaban J connectivity index is 1.65. The second kappa shape index (κ2) is 12.5. The van der Waals surface area contributed by atoms with E-state index in [4.69, 9.17) is 14.2 Å². The number of carbonyl (C=O) groups is 3. The van der Waals surface area contributed by atoms with Crippen molar-refractivity contribution in [1.29, 1.82) is 0 Å². The van der Waals surface area contributed by atoms with Crippen molar-refractivity contribution in [2.45, 2.75) is 56.8 Å². The highest BCUT2D eigenvalue weighted by atomic mass is 16.6. The van der Waals surface area contributed by atoms with Crippen molar-refractivity contribution in [3.05, 3.63) is 25.3 Å². The highest BCUT2D eigenvalue weighted by molar-refractivity contribution is 5.98. The molecule has 1 spiro atoms. The van der Waals surface area contributed by atoms with Crippen LogP contribution >= 0.6 is 0 Å². The topological polar surface area (TPSA) is 109 Å². The van der Waals surface area contributed by atoms with E-state index in [1.165, 1.54) is 0 Å². The van der Waals surface area contributed by atoms with Crippen LogP contribution in [0.1, 0.15) is 39.5 Å². The van der Waals surface area contributed by atoms with E-state index in [0.717, 1.165) is 13.1 Å². The predicted octanol–water partition coefficient (Wildman–Crippen LogP) is 1.24. The Bertz CT molecular complexity index is 938. The molecule has 0 aromatic rings. The van der Waals surface area contributed by atoms with E-state index in [-0.39, 0.29) is 30.9 Å². The Morgan fingerprint density at radius 2 is 1.95 bits per heavy atom. The van der Waals surface area contributed by atoms with Gasteiger partial charge in [-0.05, 0) is 38.5 Å². The second-order valence-corrected chi connectivity index (χ2v) is 11.4. The van der Waals surface area contributed by atoms with Gasteiger partial charge >= 0.3 is 5.97 Å². The lowest BCUT2D eigenvalue weighted by molar-refractivity contribution is -0.162. The predicted molar refractivity (Wildman–Crippen MR) is 145 cm³/mol. The van der Waals surface area contributed by atoms with E-state index in [1.807, 2.05) is 13.8 Å². The number of rotatable bonds is 14. The number of aliphatic hydroxyl groups is 1. The molecule has 4 aliphatic rings. The monoisotopic (exact) mass is 547 g/mol. The van der Waals surface area contributed by atoms with Crippen LogP contribution in [-0.4, -0.2) is 121 Å². The van der Waals surface area contributed by atoms with Crippen molar-refractivity contribution in [1.82, 2.24) is 14.7 Å². The van der Waals surface area contributed by atoms with Crippen LogP contribution in [-0.2, 0) is 28.6 Å². The van der Waals surface area contributed by atoms with Crippen LogP contribution in [0.4, 0.5) is 0 Å². The number of nitrogens with zero attached hydrogens (tertiary/aromatic N) is 3. The van der Waals surface area contributed by atoms with Crippen LogP contribution in [0, 0.1) is 17.8 Å². The molecule has 10 heteroatoms. The molecule has 4 fully saturated rings. The fourth-order valence-corrected chi connectivity index (χ4v) is 7.05. The molecule has 0 aliphatic carbocycles. The summed E-state index contributed by atoms with van der Waals surface area (Å²) in [6.45, 7) is 16.5. The molecule has 10 nitrogen and oxygen atoms in total. The maximum atomic E-state index is 14.4. The Hall–Kier alpha value is -2.27. The number of hydrogen-bond acceptors (Lipinski definition) is 8. The van der Waals surface area contributed by atoms with Gasteiger partial charge in [-0.3, -0.25) is 19.3 Å². The molecule has 6 atom stereocenters. The number of hydrogen-bond donors (Lipinski definition) is 1. The maximum Gasteiger partial charge on any atom is 0.312 e. The fourth-order valence-electron chi connectivity index (χ4n) is 7.05. The minimum absolute atomic E-state index is 0.00120. The number of unbranched alkanes of at least 4 members (excludes halogenated alkanes) is 1. The summed E-state index contributed by atoms with van der Waals surface area (Å²) in [5.74, 6) is -2.50. The molecule has 0 aromatic carbocycles. The molecule has 2 bridgehead atoms. The van der Waals surface area contributed by atoms with E-state index >= 15 is 0 Å². The third-order valence-electron chi connectivity index (χ3n) is 9.13. The molecule has 4 saturated heterocycles. The first-order valence-corrected chi connectivity index (χ1v) is 14.3. The largest absolute Gasteiger partial charge is 0.465 e. The summed E-state index contributed by atoms with van der Waals surface area (Å²) in [6, 6.07) is -0.853. The molecule has 1 N–H and O–H groups in total. The molecule has 0 aromatic heterocycles. The van der Waals surface area contributed by atoms with Crippen molar-refractivity contribution in [3.63, 3.8) is 0 Å². The highest BCUT2D eigenvalue weighted by Crippen LogP contribution is 2.65. The van der Waals surface area contributed by atoms with Gasteiger partial charge in [0.25, 0.3) is 0 Å². The normalized spacial score (nSPS) is 33.7. The van der Waals surface area contributed by atoms with Crippen molar-refractivity contribution < 1.29 is 33.7 Å². The number of fused-ring (bicyclic) bond motifs is 1. The molecule has 4 aliphatic heterocycles. The highest BCUT2D eigenvalue weighted by Gasteiger charge is 2.80. The van der Waals surface area contributed by atoms with Gasteiger partial charge in [0, 0.05) is 45.9 Å². The van der Waals surface area contributed by atoms with Crippen molar-refractivity contribution in [3.8, 4) is 0 Å². The van der Waals surface area contributed by atoms with E-state index in [1.54, 1.807) is 22.0 Å².